The third kappa shape index (κ3) is 2.81. The van der Waals surface area contributed by atoms with Crippen molar-refractivity contribution in [1.82, 2.24) is 14.4 Å². The number of anilines is 1. The Labute approximate surface area is 122 Å². The Balaban J connectivity index is 1.77. The Morgan fingerprint density at radius 2 is 2.14 bits per heavy atom. The van der Waals surface area contributed by atoms with Crippen molar-refractivity contribution in [2.75, 3.05) is 5.32 Å². The van der Waals surface area contributed by atoms with Crippen LogP contribution in [-0.2, 0) is 4.79 Å². The van der Waals surface area contributed by atoms with Crippen LogP contribution in [0.25, 0.3) is 11.7 Å². The van der Waals surface area contributed by atoms with Gasteiger partial charge in [-0.3, -0.25) is 4.79 Å². The van der Waals surface area contributed by atoms with Crippen LogP contribution in [-0.4, -0.2) is 20.3 Å². The van der Waals surface area contributed by atoms with Crippen molar-refractivity contribution in [3.05, 3.63) is 66.3 Å². The molecule has 0 aliphatic carbocycles. The normalized spacial score (nSPS) is 11.1. The van der Waals surface area contributed by atoms with Crippen LogP contribution in [0.15, 0.2) is 55.0 Å². The minimum atomic E-state index is -0.220. The molecule has 104 valence electrons. The van der Waals surface area contributed by atoms with Crippen molar-refractivity contribution in [2.24, 2.45) is 0 Å². The fourth-order valence-corrected chi connectivity index (χ4v) is 2.01. The second-order valence-corrected chi connectivity index (χ2v) is 4.60. The Hall–Kier alpha value is -2.95. The van der Waals surface area contributed by atoms with Gasteiger partial charge in [-0.05, 0) is 36.8 Å². The van der Waals surface area contributed by atoms with Gasteiger partial charge in [-0.25, -0.2) is 9.97 Å². The predicted octanol–water partition coefficient (Wildman–Crippen LogP) is 2.69. The van der Waals surface area contributed by atoms with E-state index in [4.69, 9.17) is 0 Å². The summed E-state index contributed by atoms with van der Waals surface area (Å²) in [6, 6.07) is 9.49. The topological polar surface area (TPSA) is 59.3 Å². The highest BCUT2D eigenvalue weighted by Crippen LogP contribution is 2.10. The van der Waals surface area contributed by atoms with Crippen molar-refractivity contribution in [3.8, 4) is 0 Å². The van der Waals surface area contributed by atoms with Gasteiger partial charge in [0.25, 0.3) is 0 Å². The molecule has 0 spiro atoms. The molecular formula is C16H14N4O. The zero-order valence-corrected chi connectivity index (χ0v) is 11.5. The lowest BCUT2D eigenvalue weighted by Gasteiger charge is -2.03. The molecule has 1 amide bonds. The van der Waals surface area contributed by atoms with Gasteiger partial charge in [0.05, 0.1) is 11.9 Å². The van der Waals surface area contributed by atoms with Crippen LogP contribution < -0.4 is 5.32 Å². The molecule has 0 saturated heterocycles. The molecule has 0 bridgehead atoms. The van der Waals surface area contributed by atoms with Crippen LogP contribution in [0.4, 0.5) is 5.82 Å². The molecule has 0 saturated carbocycles. The van der Waals surface area contributed by atoms with Crippen LogP contribution in [0.2, 0.25) is 0 Å². The zero-order valence-electron chi connectivity index (χ0n) is 11.5. The zero-order chi connectivity index (χ0) is 14.7. The van der Waals surface area contributed by atoms with E-state index in [9.17, 15) is 4.79 Å². The number of carbonyl (C=O) groups excluding carboxylic acids is 1. The van der Waals surface area contributed by atoms with Gasteiger partial charge in [0, 0.05) is 18.5 Å². The number of nitrogens with zero attached hydrogens (tertiary/aromatic N) is 3. The van der Waals surface area contributed by atoms with E-state index in [-0.39, 0.29) is 5.91 Å². The van der Waals surface area contributed by atoms with E-state index in [1.165, 1.54) is 6.08 Å². The van der Waals surface area contributed by atoms with E-state index in [1.807, 2.05) is 47.9 Å². The van der Waals surface area contributed by atoms with Gasteiger partial charge in [-0.2, -0.15) is 0 Å². The molecule has 3 aromatic rings. The molecule has 3 heterocycles. The van der Waals surface area contributed by atoms with Gasteiger partial charge in [-0.1, -0.05) is 12.1 Å². The van der Waals surface area contributed by atoms with Crippen molar-refractivity contribution in [3.63, 3.8) is 0 Å². The highest BCUT2D eigenvalue weighted by molar-refractivity contribution is 6.01. The number of imidazole rings is 1. The van der Waals surface area contributed by atoms with Gasteiger partial charge in [0.2, 0.25) is 5.91 Å². The maximum absolute atomic E-state index is 11.9. The van der Waals surface area contributed by atoms with Gasteiger partial charge in [0.15, 0.2) is 0 Å². The van der Waals surface area contributed by atoms with E-state index in [0.717, 1.165) is 16.9 Å². The molecule has 3 rings (SSSR count). The molecule has 5 nitrogen and oxygen atoms in total. The number of amides is 1. The minimum absolute atomic E-state index is 0.220. The fourth-order valence-electron chi connectivity index (χ4n) is 2.01. The number of fused-ring (bicyclic) bond motifs is 1. The van der Waals surface area contributed by atoms with Crippen molar-refractivity contribution in [1.29, 1.82) is 0 Å². The van der Waals surface area contributed by atoms with Crippen LogP contribution >= 0.6 is 0 Å². The molecule has 21 heavy (non-hydrogen) atoms. The first-order chi connectivity index (χ1) is 10.2. The second kappa shape index (κ2) is 5.58. The third-order valence-electron chi connectivity index (χ3n) is 3.10. The number of hydrogen-bond acceptors (Lipinski definition) is 3. The molecule has 0 atom stereocenters. The van der Waals surface area contributed by atoms with Gasteiger partial charge in [-0.15, -0.1) is 0 Å². The monoisotopic (exact) mass is 278 g/mol. The average molecular weight is 278 g/mol. The molecule has 1 N–H and O–H groups in total. The molecule has 3 aromatic heterocycles. The Kier molecular flexibility index (Phi) is 3.47. The summed E-state index contributed by atoms with van der Waals surface area (Å²) in [5, 5.41) is 2.75. The van der Waals surface area contributed by atoms with Crippen molar-refractivity contribution in [2.45, 2.75) is 6.92 Å². The molecule has 0 radical (unpaired) electrons. The average Bonchev–Trinajstić information content (AvgIpc) is 2.91. The standard InChI is InChI=1S/C16H14N4O/c1-12-5-4-9-17-16(12)19-15(21)8-7-13-11-18-14-6-2-3-10-20(13)14/h2-11H,1H3,(H,17,19,21)/b8-7+. The summed E-state index contributed by atoms with van der Waals surface area (Å²) in [5.74, 6) is 0.355. The maximum Gasteiger partial charge on any atom is 0.249 e. The van der Waals surface area contributed by atoms with Crippen LogP contribution in [0.1, 0.15) is 11.3 Å². The summed E-state index contributed by atoms with van der Waals surface area (Å²) in [4.78, 5) is 20.3. The number of rotatable bonds is 3. The van der Waals surface area contributed by atoms with E-state index >= 15 is 0 Å². The highest BCUT2D eigenvalue weighted by atomic mass is 16.1. The molecular weight excluding hydrogens is 264 g/mol. The number of pyridine rings is 2. The second-order valence-electron chi connectivity index (χ2n) is 4.60. The summed E-state index contributed by atoms with van der Waals surface area (Å²) >= 11 is 0. The number of hydrogen-bond donors (Lipinski definition) is 1. The minimum Gasteiger partial charge on any atom is -0.307 e. The smallest absolute Gasteiger partial charge is 0.249 e. The third-order valence-corrected chi connectivity index (χ3v) is 3.10. The van der Waals surface area contributed by atoms with Crippen LogP contribution in [0.3, 0.4) is 0 Å². The maximum atomic E-state index is 11.9. The van der Waals surface area contributed by atoms with E-state index in [0.29, 0.717) is 5.82 Å². The van der Waals surface area contributed by atoms with Gasteiger partial charge in [0.1, 0.15) is 11.5 Å². The van der Waals surface area contributed by atoms with Gasteiger partial charge < -0.3 is 9.72 Å². The number of nitrogens with one attached hydrogen (secondary N) is 1. The van der Waals surface area contributed by atoms with Crippen molar-refractivity contribution < 1.29 is 4.79 Å². The fraction of sp³-hybridized carbons (Fsp3) is 0.0625. The van der Waals surface area contributed by atoms with Gasteiger partial charge >= 0.3 is 0 Å². The lowest BCUT2D eigenvalue weighted by atomic mass is 10.3. The SMILES string of the molecule is Cc1cccnc1NC(=O)/C=C/c1cnc2ccccn12. The van der Waals surface area contributed by atoms with Crippen LogP contribution in [0.5, 0.6) is 0 Å². The molecule has 0 fully saturated rings. The highest BCUT2D eigenvalue weighted by Gasteiger charge is 2.03. The molecule has 0 unspecified atom stereocenters. The van der Waals surface area contributed by atoms with Crippen LogP contribution in [0, 0.1) is 6.92 Å². The summed E-state index contributed by atoms with van der Waals surface area (Å²) in [6.07, 6.45) is 8.49. The summed E-state index contributed by atoms with van der Waals surface area (Å²) in [5.41, 5.74) is 2.62. The molecule has 0 aliphatic rings. The number of aryl methyl sites for hydroxylation is 1. The number of aromatic nitrogens is 3. The quantitative estimate of drug-likeness (QED) is 0.749. The summed E-state index contributed by atoms with van der Waals surface area (Å²) < 4.78 is 1.91. The Bertz CT molecular complexity index is 820. The van der Waals surface area contributed by atoms with E-state index in [1.54, 1.807) is 18.5 Å². The summed E-state index contributed by atoms with van der Waals surface area (Å²) in [6.45, 7) is 1.90. The van der Waals surface area contributed by atoms with E-state index in [2.05, 4.69) is 15.3 Å². The Morgan fingerprint density at radius 1 is 1.24 bits per heavy atom. The predicted molar refractivity (Wildman–Crippen MR) is 81.8 cm³/mol. The first kappa shape index (κ1) is 13.1. The van der Waals surface area contributed by atoms with E-state index < -0.39 is 0 Å². The lowest BCUT2D eigenvalue weighted by Crippen LogP contribution is -2.10. The molecule has 0 aromatic carbocycles. The Morgan fingerprint density at radius 3 is 3.00 bits per heavy atom. The first-order valence-corrected chi connectivity index (χ1v) is 6.57. The number of carbonyl (C=O) groups is 1. The molecule has 0 aliphatic heterocycles. The first-order valence-electron chi connectivity index (χ1n) is 6.57. The molecule has 5 heteroatoms. The summed E-state index contributed by atoms with van der Waals surface area (Å²) in [7, 11) is 0. The lowest BCUT2D eigenvalue weighted by molar-refractivity contribution is -0.111. The largest absolute Gasteiger partial charge is 0.307 e. The van der Waals surface area contributed by atoms with Crippen molar-refractivity contribution >= 4 is 23.4 Å².